The number of aromatic nitrogens is 1. The maximum absolute atomic E-state index is 4.75. The molecule has 0 unspecified atom stereocenters. The van der Waals surface area contributed by atoms with Crippen molar-refractivity contribution in [3.8, 4) is 11.3 Å². The molecule has 0 saturated heterocycles. The van der Waals surface area contributed by atoms with Crippen LogP contribution >= 0.6 is 0 Å². The molecular formula is C21H29NSi. The summed E-state index contributed by atoms with van der Waals surface area (Å²) in [5.74, 6) is 0.779. The molecule has 1 aromatic heterocycles. The van der Waals surface area contributed by atoms with Crippen molar-refractivity contribution in [1.29, 1.82) is 0 Å². The van der Waals surface area contributed by atoms with E-state index in [9.17, 15) is 0 Å². The van der Waals surface area contributed by atoms with Crippen molar-refractivity contribution in [2.75, 3.05) is 0 Å². The van der Waals surface area contributed by atoms with Crippen LogP contribution in [0, 0.1) is 6.92 Å². The van der Waals surface area contributed by atoms with Crippen molar-refractivity contribution in [1.82, 2.24) is 4.98 Å². The average molecular weight is 324 g/mol. The van der Waals surface area contributed by atoms with E-state index in [1.165, 1.54) is 54.0 Å². The Morgan fingerprint density at radius 1 is 0.957 bits per heavy atom. The smallest absolute Gasteiger partial charge is 0.0799 e. The molecule has 122 valence electrons. The summed E-state index contributed by atoms with van der Waals surface area (Å²) in [7, 11) is -1.30. The third-order valence-corrected chi connectivity index (χ3v) is 7.34. The molecule has 23 heavy (non-hydrogen) atoms. The normalized spacial score (nSPS) is 16.5. The lowest BCUT2D eigenvalue weighted by molar-refractivity contribution is 0.443. The van der Waals surface area contributed by atoms with E-state index in [1.807, 2.05) is 0 Å². The molecule has 1 saturated carbocycles. The summed E-state index contributed by atoms with van der Waals surface area (Å²) >= 11 is 0. The van der Waals surface area contributed by atoms with Gasteiger partial charge < -0.3 is 0 Å². The highest BCUT2D eigenvalue weighted by molar-refractivity contribution is 6.89. The first-order chi connectivity index (χ1) is 10.9. The molecule has 1 aliphatic rings. The van der Waals surface area contributed by atoms with Crippen molar-refractivity contribution in [2.24, 2.45) is 0 Å². The molecule has 1 heterocycles. The van der Waals surface area contributed by atoms with Crippen molar-refractivity contribution < 1.29 is 0 Å². The summed E-state index contributed by atoms with van der Waals surface area (Å²) in [5.41, 5.74) is 5.27. The molecule has 1 aliphatic carbocycles. The maximum atomic E-state index is 4.75. The fraction of sp³-hybridized carbons (Fsp3) is 0.476. The van der Waals surface area contributed by atoms with E-state index in [1.54, 1.807) is 0 Å². The van der Waals surface area contributed by atoms with Gasteiger partial charge in [0.1, 0.15) is 0 Å². The number of hydrogen-bond donors (Lipinski definition) is 0. The second kappa shape index (κ2) is 6.60. The molecular weight excluding hydrogens is 294 g/mol. The van der Waals surface area contributed by atoms with Gasteiger partial charge in [-0.05, 0) is 48.1 Å². The highest BCUT2D eigenvalue weighted by Gasteiger charge is 2.20. The first kappa shape index (κ1) is 16.4. The van der Waals surface area contributed by atoms with Gasteiger partial charge in [0.15, 0.2) is 0 Å². The van der Waals surface area contributed by atoms with E-state index in [0.29, 0.717) is 0 Å². The fourth-order valence-corrected chi connectivity index (χ4v) is 5.57. The molecule has 2 aromatic rings. The van der Waals surface area contributed by atoms with Crippen LogP contribution < -0.4 is 5.19 Å². The SMILES string of the molecule is Cc1cc(-c2ccc(C3CCCCC3)cc2)ncc1[Si](C)(C)C. The van der Waals surface area contributed by atoms with Gasteiger partial charge in [-0.3, -0.25) is 4.98 Å². The van der Waals surface area contributed by atoms with Crippen LogP contribution in [0.3, 0.4) is 0 Å². The monoisotopic (exact) mass is 323 g/mol. The third kappa shape index (κ3) is 3.74. The quantitative estimate of drug-likeness (QED) is 0.665. The fourth-order valence-electron chi connectivity index (χ4n) is 3.86. The lowest BCUT2D eigenvalue weighted by Crippen LogP contribution is -2.39. The van der Waals surface area contributed by atoms with Gasteiger partial charge in [0, 0.05) is 11.8 Å². The van der Waals surface area contributed by atoms with E-state index in [-0.39, 0.29) is 0 Å². The number of benzene rings is 1. The number of nitrogens with zero attached hydrogens (tertiary/aromatic N) is 1. The van der Waals surface area contributed by atoms with Crippen LogP contribution in [-0.2, 0) is 0 Å². The van der Waals surface area contributed by atoms with Crippen molar-refractivity contribution in [3.05, 3.63) is 47.7 Å². The predicted octanol–water partition coefficient (Wildman–Crippen LogP) is 5.65. The molecule has 0 bridgehead atoms. The zero-order valence-corrected chi connectivity index (χ0v) is 16.0. The summed E-state index contributed by atoms with van der Waals surface area (Å²) in [4.78, 5) is 4.75. The topological polar surface area (TPSA) is 12.9 Å². The van der Waals surface area contributed by atoms with Crippen molar-refractivity contribution in [3.63, 3.8) is 0 Å². The van der Waals surface area contributed by atoms with Gasteiger partial charge >= 0.3 is 0 Å². The predicted molar refractivity (Wildman–Crippen MR) is 103 cm³/mol. The first-order valence-corrected chi connectivity index (χ1v) is 12.5. The largest absolute Gasteiger partial charge is 0.256 e. The van der Waals surface area contributed by atoms with Crippen LogP contribution in [0.4, 0.5) is 0 Å². The van der Waals surface area contributed by atoms with E-state index >= 15 is 0 Å². The highest BCUT2D eigenvalue weighted by atomic mass is 28.3. The zero-order valence-electron chi connectivity index (χ0n) is 15.0. The average Bonchev–Trinajstić information content (AvgIpc) is 2.54. The molecule has 1 nitrogen and oxygen atoms in total. The van der Waals surface area contributed by atoms with E-state index in [2.05, 4.69) is 63.1 Å². The molecule has 0 radical (unpaired) electrons. The minimum atomic E-state index is -1.30. The summed E-state index contributed by atoms with van der Waals surface area (Å²) in [6, 6.07) is 11.5. The number of pyridine rings is 1. The zero-order chi connectivity index (χ0) is 16.4. The Balaban J connectivity index is 1.83. The maximum Gasteiger partial charge on any atom is 0.0799 e. The van der Waals surface area contributed by atoms with Crippen molar-refractivity contribution in [2.45, 2.75) is 64.6 Å². The van der Waals surface area contributed by atoms with Crippen LogP contribution in [0.15, 0.2) is 36.5 Å². The van der Waals surface area contributed by atoms with Gasteiger partial charge in [-0.15, -0.1) is 0 Å². The Bertz CT molecular complexity index is 661. The summed E-state index contributed by atoms with van der Waals surface area (Å²) in [6.45, 7) is 9.39. The van der Waals surface area contributed by atoms with Gasteiger partial charge in [0.2, 0.25) is 0 Å². The van der Waals surface area contributed by atoms with E-state index in [4.69, 9.17) is 4.98 Å². The van der Waals surface area contributed by atoms with E-state index < -0.39 is 8.07 Å². The van der Waals surface area contributed by atoms with Crippen LogP contribution in [-0.4, -0.2) is 13.1 Å². The molecule has 1 fully saturated rings. The highest BCUT2D eigenvalue weighted by Crippen LogP contribution is 2.33. The molecule has 2 heteroatoms. The number of aryl methyl sites for hydroxylation is 1. The molecule has 0 atom stereocenters. The minimum absolute atomic E-state index is 0.779. The second-order valence-electron chi connectivity index (χ2n) is 8.09. The molecule has 0 aliphatic heterocycles. The second-order valence-corrected chi connectivity index (χ2v) is 13.1. The number of rotatable bonds is 3. The van der Waals surface area contributed by atoms with Crippen LogP contribution in [0.5, 0.6) is 0 Å². The van der Waals surface area contributed by atoms with Gasteiger partial charge in [-0.25, -0.2) is 0 Å². The van der Waals surface area contributed by atoms with Gasteiger partial charge in [0.25, 0.3) is 0 Å². The Kier molecular flexibility index (Phi) is 4.72. The Morgan fingerprint density at radius 3 is 2.17 bits per heavy atom. The Morgan fingerprint density at radius 2 is 1.61 bits per heavy atom. The molecule has 0 N–H and O–H groups in total. The lowest BCUT2D eigenvalue weighted by Gasteiger charge is -2.22. The van der Waals surface area contributed by atoms with Crippen LogP contribution in [0.1, 0.15) is 49.1 Å². The third-order valence-electron chi connectivity index (χ3n) is 5.20. The van der Waals surface area contributed by atoms with Gasteiger partial charge in [0.05, 0.1) is 13.8 Å². The summed E-state index contributed by atoms with van der Waals surface area (Å²) in [6.07, 6.45) is 9.05. The molecule has 0 amide bonds. The first-order valence-electron chi connectivity index (χ1n) is 9.02. The van der Waals surface area contributed by atoms with Gasteiger partial charge in [-0.1, -0.05) is 63.2 Å². The van der Waals surface area contributed by atoms with Gasteiger partial charge in [-0.2, -0.15) is 0 Å². The summed E-state index contributed by atoms with van der Waals surface area (Å²) < 4.78 is 0. The van der Waals surface area contributed by atoms with Crippen LogP contribution in [0.2, 0.25) is 19.6 Å². The number of hydrogen-bond acceptors (Lipinski definition) is 1. The molecule has 1 aromatic carbocycles. The Hall–Kier alpha value is -1.41. The van der Waals surface area contributed by atoms with Crippen molar-refractivity contribution >= 4 is 13.3 Å². The van der Waals surface area contributed by atoms with Crippen LogP contribution in [0.25, 0.3) is 11.3 Å². The summed E-state index contributed by atoms with van der Waals surface area (Å²) in [5, 5.41) is 1.47. The minimum Gasteiger partial charge on any atom is -0.256 e. The van der Waals surface area contributed by atoms with E-state index in [0.717, 1.165) is 11.6 Å². The molecule has 3 rings (SSSR count). The standard InChI is InChI=1S/C21H29NSi/c1-16-14-20(22-15-21(16)23(2,3)4)19-12-10-18(11-13-19)17-8-6-5-7-9-17/h10-15,17H,5-9H2,1-4H3. The molecule has 0 spiro atoms. The Labute approximate surface area is 142 Å². The lowest BCUT2D eigenvalue weighted by atomic mass is 9.84.